The normalized spacial score (nSPS) is 18.0. The van der Waals surface area contributed by atoms with Gasteiger partial charge in [0.25, 0.3) is 0 Å². The van der Waals surface area contributed by atoms with Gasteiger partial charge in [-0.25, -0.2) is 9.78 Å². The van der Waals surface area contributed by atoms with Crippen molar-refractivity contribution in [2.24, 2.45) is 0 Å². The lowest BCUT2D eigenvalue weighted by Gasteiger charge is -2.31. The Labute approximate surface area is 152 Å². The number of thiazole rings is 1. The van der Waals surface area contributed by atoms with Crippen LogP contribution in [-0.2, 0) is 13.0 Å². The number of aromatic nitrogens is 1. The molecule has 6 heteroatoms. The van der Waals surface area contributed by atoms with Crippen molar-refractivity contribution in [3.8, 4) is 0 Å². The van der Waals surface area contributed by atoms with Gasteiger partial charge in [-0.3, -0.25) is 0 Å². The zero-order valence-corrected chi connectivity index (χ0v) is 15.4. The largest absolute Gasteiger partial charge is 0.324 e. The fraction of sp³-hybridized carbons (Fsp3) is 0.474. The van der Waals surface area contributed by atoms with Gasteiger partial charge in [0.05, 0.1) is 5.01 Å². The average Bonchev–Trinajstić information content (AvgIpc) is 3.08. The first kappa shape index (κ1) is 16.5. The minimum atomic E-state index is 0.0116. The van der Waals surface area contributed by atoms with Crippen molar-refractivity contribution >= 4 is 23.1 Å². The second-order valence-electron chi connectivity index (χ2n) is 6.91. The molecule has 5 nitrogen and oxygen atoms in total. The molecular formula is C19H24N4OS. The van der Waals surface area contributed by atoms with Crippen molar-refractivity contribution in [1.82, 2.24) is 15.2 Å². The number of hydrogen-bond donors (Lipinski definition) is 2. The van der Waals surface area contributed by atoms with Crippen LogP contribution < -0.4 is 10.6 Å². The lowest BCUT2D eigenvalue weighted by Crippen LogP contribution is -2.40. The number of amides is 2. The van der Waals surface area contributed by atoms with Crippen LogP contribution in [0.1, 0.15) is 39.8 Å². The summed E-state index contributed by atoms with van der Waals surface area (Å²) in [6.45, 7) is 5.60. The molecular weight excluding hydrogens is 332 g/mol. The molecule has 1 saturated heterocycles. The van der Waals surface area contributed by atoms with E-state index in [1.807, 2.05) is 17.2 Å². The number of aryl methyl sites for hydroxylation is 1. The van der Waals surface area contributed by atoms with E-state index in [0.717, 1.165) is 51.1 Å². The van der Waals surface area contributed by atoms with Crippen LogP contribution >= 0.6 is 11.3 Å². The molecule has 2 aliphatic rings. The van der Waals surface area contributed by atoms with E-state index in [4.69, 9.17) is 0 Å². The zero-order valence-electron chi connectivity index (χ0n) is 14.5. The fourth-order valence-electron chi connectivity index (χ4n) is 3.65. The molecule has 3 heterocycles. The molecule has 0 radical (unpaired) electrons. The first-order chi connectivity index (χ1) is 12.2. The molecule has 0 unspecified atom stereocenters. The third kappa shape index (κ3) is 3.70. The molecule has 0 atom stereocenters. The van der Waals surface area contributed by atoms with Gasteiger partial charge in [0.15, 0.2) is 0 Å². The van der Waals surface area contributed by atoms with Gasteiger partial charge in [-0.15, -0.1) is 11.3 Å². The molecule has 4 rings (SSSR count). The molecule has 2 aromatic rings. The number of benzene rings is 1. The van der Waals surface area contributed by atoms with Crippen LogP contribution in [0.2, 0.25) is 0 Å². The average molecular weight is 356 g/mol. The lowest BCUT2D eigenvalue weighted by molar-refractivity contribution is 0.194. The van der Waals surface area contributed by atoms with E-state index in [2.05, 4.69) is 34.7 Å². The maximum Gasteiger partial charge on any atom is 0.321 e. The van der Waals surface area contributed by atoms with Crippen molar-refractivity contribution in [3.63, 3.8) is 0 Å². The van der Waals surface area contributed by atoms with E-state index in [1.165, 1.54) is 21.0 Å². The number of nitrogens with zero attached hydrogens (tertiary/aromatic N) is 2. The standard InChI is InChI=1S/C19H24N4OS/c1-13-11-21-18(25-13)15-5-8-23(9-6-15)19(24)22-17-3-2-14-4-7-20-12-16(14)10-17/h2-3,10-11,15,20H,4-9,12H2,1H3,(H,22,24). The second kappa shape index (κ2) is 7.14. The van der Waals surface area contributed by atoms with Gasteiger partial charge in [-0.2, -0.15) is 0 Å². The van der Waals surface area contributed by atoms with Gasteiger partial charge in [0.2, 0.25) is 0 Å². The van der Waals surface area contributed by atoms with E-state index in [9.17, 15) is 4.79 Å². The predicted molar refractivity (Wildman–Crippen MR) is 101 cm³/mol. The number of anilines is 1. The number of likely N-dealkylation sites (tertiary alicyclic amines) is 1. The summed E-state index contributed by atoms with van der Waals surface area (Å²) in [5.74, 6) is 0.498. The van der Waals surface area contributed by atoms with Crippen LogP contribution in [0.15, 0.2) is 24.4 Å². The number of nitrogens with one attached hydrogen (secondary N) is 2. The monoisotopic (exact) mass is 356 g/mol. The van der Waals surface area contributed by atoms with Crippen LogP contribution in [-0.4, -0.2) is 35.5 Å². The third-order valence-electron chi connectivity index (χ3n) is 5.11. The number of carbonyl (C=O) groups excluding carboxylic acids is 1. The molecule has 0 aliphatic carbocycles. The van der Waals surface area contributed by atoms with Gasteiger partial charge < -0.3 is 15.5 Å². The highest BCUT2D eigenvalue weighted by Gasteiger charge is 2.25. The topological polar surface area (TPSA) is 57.3 Å². The van der Waals surface area contributed by atoms with Gasteiger partial charge >= 0.3 is 6.03 Å². The van der Waals surface area contributed by atoms with Gasteiger partial charge in [0, 0.05) is 42.3 Å². The highest BCUT2D eigenvalue weighted by Crippen LogP contribution is 2.31. The number of hydrogen-bond acceptors (Lipinski definition) is 4. The lowest BCUT2D eigenvalue weighted by atomic mass is 9.98. The van der Waals surface area contributed by atoms with Crippen molar-refractivity contribution in [3.05, 3.63) is 45.4 Å². The Bertz CT molecular complexity index is 765. The molecule has 0 spiro atoms. The highest BCUT2D eigenvalue weighted by atomic mass is 32.1. The Morgan fingerprint density at radius 3 is 2.92 bits per heavy atom. The van der Waals surface area contributed by atoms with Crippen LogP contribution in [0.25, 0.3) is 0 Å². The van der Waals surface area contributed by atoms with Crippen LogP contribution in [0, 0.1) is 6.92 Å². The smallest absolute Gasteiger partial charge is 0.321 e. The molecule has 1 aromatic heterocycles. The summed E-state index contributed by atoms with van der Waals surface area (Å²) in [5, 5.41) is 7.67. The summed E-state index contributed by atoms with van der Waals surface area (Å²) in [4.78, 5) is 20.3. The van der Waals surface area contributed by atoms with E-state index < -0.39 is 0 Å². The summed E-state index contributed by atoms with van der Waals surface area (Å²) in [6, 6.07) is 6.28. The number of piperidine rings is 1. The summed E-state index contributed by atoms with van der Waals surface area (Å²) in [6.07, 6.45) is 5.00. The van der Waals surface area contributed by atoms with Gasteiger partial charge in [-0.1, -0.05) is 6.07 Å². The van der Waals surface area contributed by atoms with Crippen LogP contribution in [0.5, 0.6) is 0 Å². The molecule has 0 bridgehead atoms. The molecule has 25 heavy (non-hydrogen) atoms. The molecule has 2 N–H and O–H groups in total. The molecule has 2 amide bonds. The Balaban J connectivity index is 1.34. The Hall–Kier alpha value is -1.92. The molecule has 2 aliphatic heterocycles. The molecule has 1 fully saturated rings. The van der Waals surface area contributed by atoms with Crippen molar-refractivity contribution < 1.29 is 4.79 Å². The fourth-order valence-corrected chi connectivity index (χ4v) is 4.59. The molecule has 1 aromatic carbocycles. The third-order valence-corrected chi connectivity index (χ3v) is 6.19. The SMILES string of the molecule is Cc1cnc(C2CCN(C(=O)Nc3ccc4c(c3)CNCC4)CC2)s1. The summed E-state index contributed by atoms with van der Waals surface area (Å²) in [5.41, 5.74) is 3.57. The maximum absolute atomic E-state index is 12.6. The Kier molecular flexibility index (Phi) is 4.72. The number of urea groups is 1. The minimum absolute atomic E-state index is 0.0116. The number of rotatable bonds is 2. The quantitative estimate of drug-likeness (QED) is 0.866. The van der Waals surface area contributed by atoms with E-state index >= 15 is 0 Å². The predicted octanol–water partition coefficient (Wildman–Crippen LogP) is 3.51. The second-order valence-corrected chi connectivity index (χ2v) is 8.18. The summed E-state index contributed by atoms with van der Waals surface area (Å²) in [7, 11) is 0. The molecule has 132 valence electrons. The Morgan fingerprint density at radius 2 is 2.16 bits per heavy atom. The molecule has 0 saturated carbocycles. The van der Waals surface area contributed by atoms with Crippen molar-refractivity contribution in [2.45, 2.75) is 38.6 Å². The highest BCUT2D eigenvalue weighted by molar-refractivity contribution is 7.11. The van der Waals surface area contributed by atoms with Crippen LogP contribution in [0.4, 0.5) is 10.5 Å². The summed E-state index contributed by atoms with van der Waals surface area (Å²) < 4.78 is 0. The summed E-state index contributed by atoms with van der Waals surface area (Å²) >= 11 is 1.78. The van der Waals surface area contributed by atoms with Crippen LogP contribution in [0.3, 0.4) is 0 Å². The van der Waals surface area contributed by atoms with E-state index in [-0.39, 0.29) is 6.03 Å². The maximum atomic E-state index is 12.6. The first-order valence-corrected chi connectivity index (χ1v) is 9.81. The van der Waals surface area contributed by atoms with Gasteiger partial charge in [0.1, 0.15) is 0 Å². The minimum Gasteiger partial charge on any atom is -0.324 e. The van der Waals surface area contributed by atoms with E-state index in [0.29, 0.717) is 5.92 Å². The first-order valence-electron chi connectivity index (χ1n) is 9.00. The Morgan fingerprint density at radius 1 is 1.32 bits per heavy atom. The van der Waals surface area contributed by atoms with Crippen molar-refractivity contribution in [1.29, 1.82) is 0 Å². The zero-order chi connectivity index (χ0) is 17.2. The van der Waals surface area contributed by atoms with E-state index in [1.54, 1.807) is 11.3 Å². The number of fused-ring (bicyclic) bond motifs is 1. The van der Waals surface area contributed by atoms with Gasteiger partial charge in [-0.05, 0) is 56.0 Å². The van der Waals surface area contributed by atoms with Crippen molar-refractivity contribution in [2.75, 3.05) is 25.0 Å². The number of carbonyl (C=O) groups is 1.